The molecule has 1 aromatic rings. The van der Waals surface area contributed by atoms with Crippen LogP contribution in [0.2, 0.25) is 0 Å². The van der Waals surface area contributed by atoms with E-state index in [1.165, 1.54) is 11.3 Å². The number of carboxylic acids is 1. The third-order valence-corrected chi connectivity index (χ3v) is 3.64. The summed E-state index contributed by atoms with van der Waals surface area (Å²) in [6, 6.07) is 4.23. The van der Waals surface area contributed by atoms with Crippen molar-refractivity contribution in [3.8, 4) is 6.07 Å². The number of hydrogen-bond acceptors (Lipinski definition) is 3. The largest absolute Gasteiger partial charge is 0.481 e. The number of carbonyl (C=O) groups is 1. The third-order valence-electron chi connectivity index (χ3n) is 2.95. The molecule has 0 aliphatic heterocycles. The topological polar surface area (TPSA) is 61.1 Å². The molecule has 1 aromatic heterocycles. The van der Waals surface area contributed by atoms with Gasteiger partial charge in [-0.3, -0.25) is 4.79 Å². The highest BCUT2D eigenvalue weighted by molar-refractivity contribution is 7.08. The Labute approximate surface area is 99.3 Å². The first-order valence-electron chi connectivity index (χ1n) is 5.18. The molecule has 16 heavy (non-hydrogen) atoms. The van der Waals surface area contributed by atoms with Crippen LogP contribution in [0.15, 0.2) is 16.8 Å². The average Bonchev–Trinajstić information content (AvgIpc) is 2.72. The minimum absolute atomic E-state index is 0.0294. The van der Waals surface area contributed by atoms with Crippen LogP contribution in [0.3, 0.4) is 0 Å². The lowest BCUT2D eigenvalue weighted by Gasteiger charge is -2.29. The molecule has 0 aliphatic carbocycles. The fourth-order valence-corrected chi connectivity index (χ4v) is 2.58. The van der Waals surface area contributed by atoms with E-state index in [1.807, 2.05) is 30.7 Å². The van der Waals surface area contributed by atoms with E-state index < -0.39 is 11.4 Å². The van der Waals surface area contributed by atoms with Crippen LogP contribution in [-0.2, 0) is 10.2 Å². The standard InChI is InChI=1S/C12H15NO2S/c1-9(2)12(8-13,5-3-11(14)15)10-4-6-16-7-10/h4,6-7,9H,3,5H2,1-2H3,(H,14,15)/t12-/m1/s1. The number of carboxylic acid groups (broad SMARTS) is 1. The van der Waals surface area contributed by atoms with E-state index in [0.717, 1.165) is 5.56 Å². The van der Waals surface area contributed by atoms with Gasteiger partial charge in [-0.15, -0.1) is 0 Å². The molecule has 1 rings (SSSR count). The van der Waals surface area contributed by atoms with Gasteiger partial charge < -0.3 is 5.11 Å². The van der Waals surface area contributed by atoms with Gasteiger partial charge in [0.25, 0.3) is 0 Å². The van der Waals surface area contributed by atoms with E-state index in [4.69, 9.17) is 5.11 Å². The number of hydrogen-bond donors (Lipinski definition) is 1. The fraction of sp³-hybridized carbons (Fsp3) is 0.500. The van der Waals surface area contributed by atoms with Crippen LogP contribution in [0.25, 0.3) is 0 Å². The summed E-state index contributed by atoms with van der Waals surface area (Å²) in [5.41, 5.74) is 0.273. The molecule has 0 saturated carbocycles. The molecule has 0 spiro atoms. The molecule has 1 N–H and O–H groups in total. The first kappa shape index (κ1) is 12.7. The van der Waals surface area contributed by atoms with Gasteiger partial charge in [-0.2, -0.15) is 16.6 Å². The molecular formula is C12H15NO2S. The molecule has 86 valence electrons. The van der Waals surface area contributed by atoms with Gasteiger partial charge in [-0.25, -0.2) is 0 Å². The summed E-state index contributed by atoms with van der Waals surface area (Å²) >= 11 is 1.53. The van der Waals surface area contributed by atoms with Gasteiger partial charge in [0, 0.05) is 6.42 Å². The van der Waals surface area contributed by atoms with E-state index in [9.17, 15) is 10.1 Å². The second kappa shape index (κ2) is 5.13. The number of nitriles is 1. The fourth-order valence-electron chi connectivity index (χ4n) is 1.84. The second-order valence-corrected chi connectivity index (χ2v) is 4.92. The highest BCUT2D eigenvalue weighted by atomic mass is 32.1. The predicted octanol–water partition coefficient (Wildman–Crippen LogP) is 3.03. The Morgan fingerprint density at radius 3 is 2.75 bits per heavy atom. The molecule has 0 radical (unpaired) electrons. The molecule has 0 bridgehead atoms. The lowest BCUT2D eigenvalue weighted by atomic mass is 9.71. The number of nitrogens with zero attached hydrogens (tertiary/aromatic N) is 1. The summed E-state index contributed by atoms with van der Waals surface area (Å²) < 4.78 is 0. The summed E-state index contributed by atoms with van der Waals surface area (Å²) in [5.74, 6) is -0.748. The zero-order valence-corrected chi connectivity index (χ0v) is 10.3. The van der Waals surface area contributed by atoms with Crippen molar-refractivity contribution in [2.24, 2.45) is 5.92 Å². The Hall–Kier alpha value is -1.34. The van der Waals surface area contributed by atoms with Gasteiger partial charge in [0.15, 0.2) is 0 Å². The number of thiophene rings is 1. The maximum Gasteiger partial charge on any atom is 0.303 e. The van der Waals surface area contributed by atoms with Gasteiger partial charge in [0.05, 0.1) is 11.5 Å². The lowest BCUT2D eigenvalue weighted by molar-refractivity contribution is -0.137. The highest BCUT2D eigenvalue weighted by Gasteiger charge is 2.36. The Morgan fingerprint density at radius 1 is 1.69 bits per heavy atom. The SMILES string of the molecule is CC(C)[C@](C#N)(CCC(=O)O)c1ccsc1. The molecule has 4 heteroatoms. The van der Waals surface area contributed by atoms with Crippen LogP contribution < -0.4 is 0 Å². The normalized spacial score (nSPS) is 14.4. The molecule has 0 saturated heterocycles. The predicted molar refractivity (Wildman–Crippen MR) is 63.3 cm³/mol. The maximum atomic E-state index is 10.6. The van der Waals surface area contributed by atoms with Crippen molar-refractivity contribution >= 4 is 17.3 Å². The van der Waals surface area contributed by atoms with E-state index in [1.54, 1.807) is 0 Å². The first-order valence-corrected chi connectivity index (χ1v) is 6.13. The third kappa shape index (κ3) is 2.42. The van der Waals surface area contributed by atoms with E-state index >= 15 is 0 Å². The molecule has 1 heterocycles. The minimum Gasteiger partial charge on any atom is -0.481 e. The van der Waals surface area contributed by atoms with Gasteiger partial charge in [0.1, 0.15) is 0 Å². The van der Waals surface area contributed by atoms with Crippen molar-refractivity contribution in [1.29, 1.82) is 5.26 Å². The van der Waals surface area contributed by atoms with E-state index in [-0.39, 0.29) is 12.3 Å². The molecule has 3 nitrogen and oxygen atoms in total. The number of aliphatic carboxylic acids is 1. The minimum atomic E-state index is -0.851. The van der Waals surface area contributed by atoms with Crippen molar-refractivity contribution in [3.63, 3.8) is 0 Å². The molecule has 1 atom stereocenters. The van der Waals surface area contributed by atoms with Crippen LogP contribution in [0.1, 0.15) is 32.3 Å². The monoisotopic (exact) mass is 237 g/mol. The maximum absolute atomic E-state index is 10.6. The molecule has 0 unspecified atom stereocenters. The molecule has 0 aliphatic rings. The quantitative estimate of drug-likeness (QED) is 0.856. The van der Waals surface area contributed by atoms with Crippen LogP contribution >= 0.6 is 11.3 Å². The van der Waals surface area contributed by atoms with Crippen molar-refractivity contribution < 1.29 is 9.90 Å². The molecular weight excluding hydrogens is 222 g/mol. The summed E-state index contributed by atoms with van der Waals surface area (Å²) in [6.07, 6.45) is 0.398. The van der Waals surface area contributed by atoms with Crippen molar-refractivity contribution in [2.45, 2.75) is 32.1 Å². The van der Waals surface area contributed by atoms with E-state index in [2.05, 4.69) is 6.07 Å². The lowest BCUT2D eigenvalue weighted by Crippen LogP contribution is -2.31. The zero-order valence-electron chi connectivity index (χ0n) is 9.43. The smallest absolute Gasteiger partial charge is 0.303 e. The summed E-state index contributed by atoms with van der Waals surface area (Å²) in [4.78, 5) is 10.6. The highest BCUT2D eigenvalue weighted by Crippen LogP contribution is 2.37. The summed E-state index contributed by atoms with van der Waals surface area (Å²) in [7, 11) is 0. The van der Waals surface area contributed by atoms with Gasteiger partial charge in [0.2, 0.25) is 0 Å². The Morgan fingerprint density at radius 2 is 2.38 bits per heavy atom. The van der Waals surface area contributed by atoms with Crippen LogP contribution in [0.5, 0.6) is 0 Å². The first-order chi connectivity index (χ1) is 7.53. The summed E-state index contributed by atoms with van der Waals surface area (Å²) in [6.45, 7) is 3.92. The Kier molecular flexibility index (Phi) is 4.08. The molecule has 0 fully saturated rings. The van der Waals surface area contributed by atoms with Crippen molar-refractivity contribution in [2.75, 3.05) is 0 Å². The van der Waals surface area contributed by atoms with Crippen LogP contribution in [-0.4, -0.2) is 11.1 Å². The van der Waals surface area contributed by atoms with Crippen molar-refractivity contribution in [1.82, 2.24) is 0 Å². The Bertz CT molecular complexity index is 392. The van der Waals surface area contributed by atoms with Crippen LogP contribution in [0.4, 0.5) is 0 Å². The van der Waals surface area contributed by atoms with Gasteiger partial charge >= 0.3 is 5.97 Å². The zero-order chi connectivity index (χ0) is 12.2. The second-order valence-electron chi connectivity index (χ2n) is 4.14. The van der Waals surface area contributed by atoms with E-state index in [0.29, 0.717) is 6.42 Å². The summed E-state index contributed by atoms with van der Waals surface area (Å²) in [5, 5.41) is 22.0. The molecule has 0 amide bonds. The average molecular weight is 237 g/mol. The Balaban J connectivity index is 3.02. The van der Waals surface area contributed by atoms with Crippen molar-refractivity contribution in [3.05, 3.63) is 22.4 Å². The molecule has 0 aromatic carbocycles. The van der Waals surface area contributed by atoms with Crippen LogP contribution in [0, 0.1) is 17.2 Å². The van der Waals surface area contributed by atoms with Gasteiger partial charge in [-0.05, 0) is 34.7 Å². The number of rotatable bonds is 5. The van der Waals surface area contributed by atoms with Gasteiger partial charge in [-0.1, -0.05) is 13.8 Å².